The molecule has 0 aromatic rings. The average molecular weight is 196 g/mol. The molecule has 0 radical (unpaired) electrons. The fourth-order valence-electron chi connectivity index (χ4n) is 3.49. The van der Waals surface area contributed by atoms with Crippen molar-refractivity contribution in [2.24, 2.45) is 17.8 Å². The zero-order valence-corrected chi connectivity index (χ0v) is 9.79. The number of hydrogen-bond acceptors (Lipinski definition) is 2. The van der Waals surface area contributed by atoms with E-state index < -0.39 is 0 Å². The van der Waals surface area contributed by atoms with Crippen molar-refractivity contribution < 1.29 is 0 Å². The number of likely N-dealkylation sites (tertiary alicyclic amines) is 1. The van der Waals surface area contributed by atoms with E-state index in [0.717, 1.165) is 23.8 Å². The Morgan fingerprint density at radius 3 is 2.64 bits per heavy atom. The van der Waals surface area contributed by atoms with Crippen molar-refractivity contribution in [3.05, 3.63) is 0 Å². The summed E-state index contributed by atoms with van der Waals surface area (Å²) in [5.41, 5.74) is 0. The van der Waals surface area contributed by atoms with Gasteiger partial charge < -0.3 is 10.2 Å². The van der Waals surface area contributed by atoms with Gasteiger partial charge in [0.25, 0.3) is 0 Å². The lowest BCUT2D eigenvalue weighted by Gasteiger charge is -2.26. The molecule has 0 saturated carbocycles. The highest BCUT2D eigenvalue weighted by molar-refractivity contribution is 4.99. The lowest BCUT2D eigenvalue weighted by atomic mass is 9.83. The largest absolute Gasteiger partial charge is 0.313 e. The summed E-state index contributed by atoms with van der Waals surface area (Å²) in [6, 6.07) is 0.806. The van der Waals surface area contributed by atoms with Gasteiger partial charge in [-0.1, -0.05) is 26.7 Å². The van der Waals surface area contributed by atoms with Gasteiger partial charge in [0.05, 0.1) is 0 Å². The zero-order chi connectivity index (χ0) is 10.1. The van der Waals surface area contributed by atoms with Crippen molar-refractivity contribution in [2.45, 2.75) is 32.7 Å². The van der Waals surface area contributed by atoms with E-state index in [4.69, 9.17) is 0 Å². The topological polar surface area (TPSA) is 15.3 Å². The molecule has 2 nitrogen and oxygen atoms in total. The molecule has 82 valence electrons. The van der Waals surface area contributed by atoms with Gasteiger partial charge in [-0.25, -0.2) is 0 Å². The van der Waals surface area contributed by atoms with Gasteiger partial charge >= 0.3 is 0 Å². The highest BCUT2D eigenvalue weighted by Gasteiger charge is 2.43. The number of rotatable bonds is 3. The molecule has 2 aliphatic heterocycles. The fourth-order valence-corrected chi connectivity index (χ4v) is 3.49. The first-order valence-corrected chi connectivity index (χ1v) is 6.18. The Hall–Kier alpha value is -0.0800. The Morgan fingerprint density at radius 2 is 2.00 bits per heavy atom. The second-order valence-corrected chi connectivity index (χ2v) is 5.16. The van der Waals surface area contributed by atoms with Crippen LogP contribution in [0.25, 0.3) is 0 Å². The van der Waals surface area contributed by atoms with Gasteiger partial charge in [0, 0.05) is 19.1 Å². The van der Waals surface area contributed by atoms with Crippen LogP contribution in [0.15, 0.2) is 0 Å². The standard InChI is InChI=1S/C12H24N2/c1-4-9(5-2)12-11-8-14(3)7-10(11)6-13-12/h9-13H,4-8H2,1-3H3/t10-,11+,12+/m1/s1. The molecule has 1 N–H and O–H groups in total. The minimum absolute atomic E-state index is 0.806. The molecule has 2 aliphatic rings. The minimum Gasteiger partial charge on any atom is -0.313 e. The number of nitrogens with one attached hydrogen (secondary N) is 1. The van der Waals surface area contributed by atoms with Crippen LogP contribution >= 0.6 is 0 Å². The van der Waals surface area contributed by atoms with Gasteiger partial charge in [-0.15, -0.1) is 0 Å². The lowest BCUT2D eigenvalue weighted by molar-refractivity contribution is 0.278. The highest BCUT2D eigenvalue weighted by atomic mass is 15.2. The predicted molar refractivity (Wildman–Crippen MR) is 60.3 cm³/mol. The van der Waals surface area contributed by atoms with Crippen molar-refractivity contribution >= 4 is 0 Å². The third-order valence-electron chi connectivity index (χ3n) is 4.31. The van der Waals surface area contributed by atoms with Crippen LogP contribution in [0.2, 0.25) is 0 Å². The Morgan fingerprint density at radius 1 is 1.29 bits per heavy atom. The lowest BCUT2D eigenvalue weighted by Crippen LogP contribution is -2.37. The zero-order valence-electron chi connectivity index (χ0n) is 9.79. The maximum Gasteiger partial charge on any atom is 0.0139 e. The van der Waals surface area contributed by atoms with Crippen molar-refractivity contribution in [2.75, 3.05) is 26.7 Å². The van der Waals surface area contributed by atoms with Crippen molar-refractivity contribution in [1.29, 1.82) is 0 Å². The summed E-state index contributed by atoms with van der Waals surface area (Å²) in [5.74, 6) is 2.77. The molecule has 2 saturated heterocycles. The van der Waals surface area contributed by atoms with Crippen LogP contribution in [0.3, 0.4) is 0 Å². The van der Waals surface area contributed by atoms with Crippen molar-refractivity contribution in [3.63, 3.8) is 0 Å². The number of hydrogen-bond donors (Lipinski definition) is 1. The Balaban J connectivity index is 2.00. The quantitative estimate of drug-likeness (QED) is 0.737. The van der Waals surface area contributed by atoms with Gasteiger partial charge in [-0.05, 0) is 31.3 Å². The van der Waals surface area contributed by atoms with Crippen LogP contribution in [0.1, 0.15) is 26.7 Å². The fraction of sp³-hybridized carbons (Fsp3) is 1.00. The maximum atomic E-state index is 3.75. The van der Waals surface area contributed by atoms with Crippen molar-refractivity contribution in [3.8, 4) is 0 Å². The number of nitrogens with zero attached hydrogens (tertiary/aromatic N) is 1. The Kier molecular flexibility index (Phi) is 3.13. The van der Waals surface area contributed by atoms with Crippen LogP contribution in [-0.4, -0.2) is 37.6 Å². The summed E-state index contributed by atoms with van der Waals surface area (Å²) >= 11 is 0. The van der Waals surface area contributed by atoms with E-state index in [1.165, 1.54) is 32.5 Å². The molecule has 0 aliphatic carbocycles. The second-order valence-electron chi connectivity index (χ2n) is 5.16. The first kappa shape index (κ1) is 10.4. The summed E-state index contributed by atoms with van der Waals surface area (Å²) in [7, 11) is 2.27. The van der Waals surface area contributed by atoms with Gasteiger partial charge in [-0.3, -0.25) is 0 Å². The van der Waals surface area contributed by atoms with E-state index >= 15 is 0 Å². The molecule has 0 unspecified atom stereocenters. The van der Waals surface area contributed by atoms with E-state index in [1.807, 2.05) is 0 Å². The minimum atomic E-state index is 0.806. The molecule has 0 aromatic heterocycles. The molecule has 3 atom stereocenters. The monoisotopic (exact) mass is 196 g/mol. The third-order valence-corrected chi connectivity index (χ3v) is 4.31. The maximum absolute atomic E-state index is 3.75. The molecule has 0 amide bonds. The van der Waals surface area contributed by atoms with Crippen LogP contribution in [-0.2, 0) is 0 Å². The first-order chi connectivity index (χ1) is 6.76. The smallest absolute Gasteiger partial charge is 0.0139 e. The van der Waals surface area contributed by atoms with Gasteiger partial charge in [0.1, 0.15) is 0 Å². The molecule has 0 bridgehead atoms. The van der Waals surface area contributed by atoms with E-state index in [0.29, 0.717) is 0 Å². The molecule has 0 spiro atoms. The SMILES string of the molecule is CCC(CC)[C@@H]1NC[C@@H]2CN(C)C[C@@H]21. The van der Waals surface area contributed by atoms with Crippen LogP contribution in [0.5, 0.6) is 0 Å². The molecule has 2 rings (SSSR count). The first-order valence-electron chi connectivity index (χ1n) is 6.18. The Bertz CT molecular complexity index is 189. The summed E-state index contributed by atoms with van der Waals surface area (Å²) in [6.45, 7) is 8.56. The molecule has 14 heavy (non-hydrogen) atoms. The van der Waals surface area contributed by atoms with E-state index in [2.05, 4.69) is 31.1 Å². The second kappa shape index (κ2) is 4.19. The molecular formula is C12H24N2. The van der Waals surface area contributed by atoms with Crippen LogP contribution < -0.4 is 5.32 Å². The number of fused-ring (bicyclic) bond motifs is 1. The van der Waals surface area contributed by atoms with Gasteiger partial charge in [-0.2, -0.15) is 0 Å². The van der Waals surface area contributed by atoms with Crippen molar-refractivity contribution in [1.82, 2.24) is 10.2 Å². The third kappa shape index (κ3) is 1.70. The summed E-state index contributed by atoms with van der Waals surface area (Å²) < 4.78 is 0. The van der Waals surface area contributed by atoms with Crippen LogP contribution in [0, 0.1) is 17.8 Å². The van der Waals surface area contributed by atoms with Crippen LogP contribution in [0.4, 0.5) is 0 Å². The molecule has 2 heteroatoms. The predicted octanol–water partition coefficient (Wildman–Crippen LogP) is 1.57. The van der Waals surface area contributed by atoms with Gasteiger partial charge in [0.15, 0.2) is 0 Å². The molecular weight excluding hydrogens is 172 g/mol. The average Bonchev–Trinajstić information content (AvgIpc) is 2.68. The normalized spacial score (nSPS) is 38.1. The Labute approximate surface area is 88.1 Å². The van der Waals surface area contributed by atoms with E-state index in [-0.39, 0.29) is 0 Å². The molecule has 0 aromatic carbocycles. The van der Waals surface area contributed by atoms with E-state index in [9.17, 15) is 0 Å². The molecule has 2 fully saturated rings. The summed E-state index contributed by atoms with van der Waals surface area (Å²) in [5, 5.41) is 3.75. The highest BCUT2D eigenvalue weighted by Crippen LogP contribution is 2.35. The van der Waals surface area contributed by atoms with Gasteiger partial charge in [0.2, 0.25) is 0 Å². The van der Waals surface area contributed by atoms with E-state index in [1.54, 1.807) is 0 Å². The summed E-state index contributed by atoms with van der Waals surface area (Å²) in [6.07, 6.45) is 2.67. The summed E-state index contributed by atoms with van der Waals surface area (Å²) in [4.78, 5) is 2.51. The molecule has 2 heterocycles.